The van der Waals surface area contributed by atoms with Gasteiger partial charge >= 0.3 is 0 Å². The lowest BCUT2D eigenvalue weighted by Crippen LogP contribution is -2.31. The van der Waals surface area contributed by atoms with E-state index in [2.05, 4.69) is 5.32 Å². The Morgan fingerprint density at radius 2 is 2.00 bits per heavy atom. The van der Waals surface area contributed by atoms with Gasteiger partial charge in [-0.1, -0.05) is 11.6 Å². The quantitative estimate of drug-likeness (QED) is 0.640. The van der Waals surface area contributed by atoms with Gasteiger partial charge in [-0.3, -0.25) is 4.79 Å². The molecule has 0 aliphatic heterocycles. The number of benzene rings is 1. The van der Waals surface area contributed by atoms with Gasteiger partial charge < -0.3 is 11.1 Å². The number of amides is 1. The molecule has 1 rings (SSSR count). The van der Waals surface area contributed by atoms with E-state index in [0.29, 0.717) is 6.54 Å². The molecule has 0 radical (unpaired) electrons. The predicted molar refractivity (Wildman–Crippen MR) is 71.5 cm³/mol. The molecule has 3 N–H and O–H groups in total. The molecule has 16 heavy (non-hydrogen) atoms. The van der Waals surface area contributed by atoms with Crippen molar-refractivity contribution in [3.8, 4) is 0 Å². The highest BCUT2D eigenvalue weighted by Gasteiger charge is 1.97. The van der Waals surface area contributed by atoms with Crippen LogP contribution in [0.3, 0.4) is 0 Å². The molecule has 90 valence electrons. The normalized spacial score (nSPS) is 9.38. The van der Waals surface area contributed by atoms with Crippen LogP contribution in [0.5, 0.6) is 0 Å². The maximum atomic E-state index is 10.8. The maximum Gasteiger partial charge on any atom is 0.233 e. The van der Waals surface area contributed by atoms with Gasteiger partial charge in [-0.05, 0) is 24.3 Å². The van der Waals surface area contributed by atoms with E-state index in [1.165, 1.54) is 0 Å². The first-order chi connectivity index (χ1) is 7.22. The molecular weight excluding hydrogens is 267 g/mol. The SMILES string of the molecule is Cl.NCC(=O)NCCSc1ccc(Cl)cc1. The van der Waals surface area contributed by atoms with E-state index < -0.39 is 0 Å². The molecule has 0 aliphatic rings. The van der Waals surface area contributed by atoms with Gasteiger partial charge in [-0.15, -0.1) is 24.2 Å². The van der Waals surface area contributed by atoms with Crippen LogP contribution in [0, 0.1) is 0 Å². The van der Waals surface area contributed by atoms with Gasteiger partial charge in [0.05, 0.1) is 6.54 Å². The fraction of sp³-hybridized carbons (Fsp3) is 0.300. The van der Waals surface area contributed by atoms with Crippen molar-refractivity contribution in [2.45, 2.75) is 4.90 Å². The lowest BCUT2D eigenvalue weighted by atomic mass is 10.4. The molecule has 0 aromatic heterocycles. The minimum Gasteiger partial charge on any atom is -0.354 e. The van der Waals surface area contributed by atoms with Crippen molar-refractivity contribution in [1.29, 1.82) is 0 Å². The van der Waals surface area contributed by atoms with Crippen LogP contribution >= 0.6 is 35.8 Å². The summed E-state index contributed by atoms with van der Waals surface area (Å²) in [5.74, 6) is 0.708. The summed E-state index contributed by atoms with van der Waals surface area (Å²) in [5, 5.41) is 3.44. The van der Waals surface area contributed by atoms with Crippen LogP contribution in [0.1, 0.15) is 0 Å². The molecule has 1 aromatic rings. The van der Waals surface area contributed by atoms with Crippen LogP contribution in [0.25, 0.3) is 0 Å². The van der Waals surface area contributed by atoms with Crippen molar-refractivity contribution in [2.75, 3.05) is 18.8 Å². The van der Waals surface area contributed by atoms with Crippen LogP contribution < -0.4 is 11.1 Å². The number of nitrogens with two attached hydrogens (primary N) is 1. The summed E-state index contributed by atoms with van der Waals surface area (Å²) in [6.07, 6.45) is 0. The highest BCUT2D eigenvalue weighted by atomic mass is 35.5. The monoisotopic (exact) mass is 280 g/mol. The maximum absolute atomic E-state index is 10.8. The van der Waals surface area contributed by atoms with Gasteiger partial charge in [-0.2, -0.15) is 0 Å². The second-order valence-corrected chi connectivity index (χ2v) is 4.46. The first-order valence-electron chi connectivity index (χ1n) is 4.57. The smallest absolute Gasteiger partial charge is 0.233 e. The van der Waals surface area contributed by atoms with Crippen molar-refractivity contribution in [3.63, 3.8) is 0 Å². The number of rotatable bonds is 5. The lowest BCUT2D eigenvalue weighted by molar-refractivity contribution is -0.119. The van der Waals surface area contributed by atoms with Gasteiger partial charge in [0.2, 0.25) is 5.91 Å². The van der Waals surface area contributed by atoms with Crippen LogP contribution in [0.15, 0.2) is 29.2 Å². The van der Waals surface area contributed by atoms with Crippen LogP contribution in [0.2, 0.25) is 5.02 Å². The average molecular weight is 281 g/mol. The first-order valence-corrected chi connectivity index (χ1v) is 5.94. The van der Waals surface area contributed by atoms with E-state index in [1.807, 2.05) is 24.3 Å². The summed E-state index contributed by atoms with van der Waals surface area (Å²) < 4.78 is 0. The van der Waals surface area contributed by atoms with Gasteiger partial charge in [-0.25, -0.2) is 0 Å². The highest BCUT2D eigenvalue weighted by molar-refractivity contribution is 7.99. The number of hydrogen-bond acceptors (Lipinski definition) is 3. The summed E-state index contributed by atoms with van der Waals surface area (Å²) in [6.45, 7) is 0.676. The van der Waals surface area contributed by atoms with Gasteiger partial charge in [0.25, 0.3) is 0 Å². The van der Waals surface area contributed by atoms with E-state index in [0.717, 1.165) is 15.7 Å². The zero-order valence-corrected chi connectivity index (χ0v) is 11.0. The third kappa shape index (κ3) is 6.23. The molecule has 3 nitrogen and oxygen atoms in total. The Balaban J connectivity index is 0.00000225. The molecule has 0 saturated carbocycles. The summed E-state index contributed by atoms with van der Waals surface area (Å²) in [5.41, 5.74) is 5.15. The van der Waals surface area contributed by atoms with E-state index in [1.54, 1.807) is 11.8 Å². The van der Waals surface area contributed by atoms with Crippen molar-refractivity contribution in [3.05, 3.63) is 29.3 Å². The van der Waals surface area contributed by atoms with Crippen molar-refractivity contribution in [2.24, 2.45) is 5.73 Å². The third-order valence-corrected chi connectivity index (χ3v) is 2.96. The molecule has 0 atom stereocenters. The Hall–Kier alpha value is -0.420. The molecule has 0 spiro atoms. The minimum atomic E-state index is -0.119. The molecule has 0 unspecified atom stereocenters. The van der Waals surface area contributed by atoms with Crippen LogP contribution in [0.4, 0.5) is 0 Å². The number of halogens is 2. The Morgan fingerprint density at radius 3 is 2.56 bits per heavy atom. The zero-order chi connectivity index (χ0) is 11.1. The number of thioether (sulfide) groups is 1. The topological polar surface area (TPSA) is 55.1 Å². The number of hydrogen-bond donors (Lipinski definition) is 2. The Labute approximate surface area is 111 Å². The summed E-state index contributed by atoms with van der Waals surface area (Å²) >= 11 is 7.42. The van der Waals surface area contributed by atoms with E-state index in [4.69, 9.17) is 17.3 Å². The second kappa shape index (κ2) is 8.70. The predicted octanol–water partition coefficient (Wildman–Crippen LogP) is 1.93. The fourth-order valence-electron chi connectivity index (χ4n) is 0.962. The molecule has 0 heterocycles. The molecule has 1 aromatic carbocycles. The minimum absolute atomic E-state index is 0. The number of carbonyl (C=O) groups is 1. The summed E-state index contributed by atoms with van der Waals surface area (Å²) in [7, 11) is 0. The number of carbonyl (C=O) groups excluding carboxylic acids is 1. The zero-order valence-electron chi connectivity index (χ0n) is 8.61. The first kappa shape index (κ1) is 15.6. The Morgan fingerprint density at radius 1 is 1.38 bits per heavy atom. The average Bonchev–Trinajstić information content (AvgIpc) is 2.26. The molecule has 0 fully saturated rings. The fourth-order valence-corrected chi connectivity index (χ4v) is 1.86. The Kier molecular flexibility index (Phi) is 8.47. The van der Waals surface area contributed by atoms with Crippen molar-refractivity contribution < 1.29 is 4.79 Å². The van der Waals surface area contributed by atoms with E-state index >= 15 is 0 Å². The van der Waals surface area contributed by atoms with E-state index in [-0.39, 0.29) is 24.9 Å². The number of nitrogens with one attached hydrogen (secondary N) is 1. The molecule has 1 amide bonds. The van der Waals surface area contributed by atoms with Crippen LogP contribution in [-0.2, 0) is 4.79 Å². The summed E-state index contributed by atoms with van der Waals surface area (Å²) in [6, 6.07) is 7.61. The van der Waals surface area contributed by atoms with Crippen molar-refractivity contribution in [1.82, 2.24) is 5.32 Å². The van der Waals surface area contributed by atoms with Gasteiger partial charge in [0.1, 0.15) is 0 Å². The standard InChI is InChI=1S/C10H13ClN2OS.ClH/c11-8-1-3-9(4-2-8)15-6-5-13-10(14)7-12;/h1-4H,5-7,12H2,(H,13,14);1H. The molecule has 0 bridgehead atoms. The van der Waals surface area contributed by atoms with Gasteiger partial charge in [0.15, 0.2) is 0 Å². The highest BCUT2D eigenvalue weighted by Crippen LogP contribution is 2.19. The van der Waals surface area contributed by atoms with Crippen molar-refractivity contribution >= 4 is 41.7 Å². The van der Waals surface area contributed by atoms with Crippen LogP contribution in [-0.4, -0.2) is 24.7 Å². The molecule has 0 saturated heterocycles. The molecular formula is C10H14Cl2N2OS. The lowest BCUT2D eigenvalue weighted by Gasteiger charge is -2.03. The molecule has 6 heteroatoms. The summed E-state index contributed by atoms with van der Waals surface area (Å²) in [4.78, 5) is 11.9. The van der Waals surface area contributed by atoms with Gasteiger partial charge in [0, 0.05) is 22.2 Å². The third-order valence-electron chi connectivity index (χ3n) is 1.69. The Bertz CT molecular complexity index is 319. The molecule has 0 aliphatic carbocycles. The second-order valence-electron chi connectivity index (χ2n) is 2.86. The van der Waals surface area contributed by atoms with E-state index in [9.17, 15) is 4.79 Å². The largest absolute Gasteiger partial charge is 0.354 e.